The number of amides is 1. The first-order valence-corrected chi connectivity index (χ1v) is 9.11. The van der Waals surface area contributed by atoms with Crippen molar-refractivity contribution in [3.63, 3.8) is 0 Å². The van der Waals surface area contributed by atoms with Gasteiger partial charge in [0.15, 0.2) is 0 Å². The first kappa shape index (κ1) is 21.9. The Morgan fingerprint density at radius 3 is 2.45 bits per heavy atom. The number of non-ortho nitro benzene ring substituents is 1. The van der Waals surface area contributed by atoms with E-state index in [0.29, 0.717) is 29.2 Å². The maximum Gasteiger partial charge on any atom is 0.453 e. The van der Waals surface area contributed by atoms with Gasteiger partial charge in [-0.3, -0.25) is 14.9 Å². The number of aromatic nitrogens is 4. The lowest BCUT2D eigenvalue weighted by atomic mass is 10.1. The number of anilines is 1. The van der Waals surface area contributed by atoms with Crippen LogP contribution in [0.5, 0.6) is 0 Å². The number of hydrogen-bond donors (Lipinski definition) is 2. The number of aryl methyl sites for hydroxylation is 2. The molecule has 0 unspecified atom stereocenters. The van der Waals surface area contributed by atoms with E-state index in [0.717, 1.165) is 4.52 Å². The minimum absolute atomic E-state index is 0.0232. The van der Waals surface area contributed by atoms with Crippen molar-refractivity contribution >= 4 is 23.1 Å². The summed E-state index contributed by atoms with van der Waals surface area (Å²) in [7, 11) is 0. The Labute approximate surface area is 173 Å². The van der Waals surface area contributed by atoms with E-state index in [2.05, 4.69) is 25.7 Å². The lowest BCUT2D eigenvalue weighted by Crippen LogP contribution is -2.30. The van der Waals surface area contributed by atoms with Gasteiger partial charge in [0, 0.05) is 47.9 Å². The van der Waals surface area contributed by atoms with E-state index in [4.69, 9.17) is 0 Å². The van der Waals surface area contributed by atoms with Gasteiger partial charge in [-0.15, -0.1) is 5.10 Å². The van der Waals surface area contributed by atoms with Crippen LogP contribution in [-0.4, -0.2) is 43.5 Å². The van der Waals surface area contributed by atoms with Crippen molar-refractivity contribution in [1.29, 1.82) is 0 Å². The highest BCUT2D eigenvalue weighted by atomic mass is 19.4. The molecule has 0 spiro atoms. The molecule has 0 aliphatic carbocycles. The first-order valence-electron chi connectivity index (χ1n) is 9.11. The maximum absolute atomic E-state index is 12.9. The number of fused-ring (bicyclic) bond motifs is 1. The molecule has 2 N–H and O–H groups in total. The van der Waals surface area contributed by atoms with Crippen molar-refractivity contribution in [2.24, 2.45) is 0 Å². The molecule has 2 aromatic heterocycles. The fraction of sp³-hybridized carbons (Fsp3) is 0.333. The second-order valence-electron chi connectivity index (χ2n) is 6.66. The number of carbonyl (C=O) groups is 1. The van der Waals surface area contributed by atoms with E-state index < -0.39 is 16.9 Å². The van der Waals surface area contributed by atoms with Gasteiger partial charge in [0.2, 0.25) is 5.91 Å². The average molecular weight is 437 g/mol. The number of hydrogen-bond acceptors (Lipinski definition) is 7. The van der Waals surface area contributed by atoms with E-state index in [-0.39, 0.29) is 30.3 Å². The summed E-state index contributed by atoms with van der Waals surface area (Å²) in [5.74, 6) is -1.81. The van der Waals surface area contributed by atoms with Crippen LogP contribution in [0.15, 0.2) is 24.3 Å². The van der Waals surface area contributed by atoms with Gasteiger partial charge >= 0.3 is 6.18 Å². The van der Waals surface area contributed by atoms with Crippen LogP contribution in [0.4, 0.5) is 24.5 Å². The summed E-state index contributed by atoms with van der Waals surface area (Å²) in [6.07, 6.45) is -4.78. The number of alkyl halides is 3. The van der Waals surface area contributed by atoms with Crippen LogP contribution in [-0.2, 0) is 17.4 Å². The zero-order valence-electron chi connectivity index (χ0n) is 16.5. The molecule has 3 rings (SSSR count). The molecule has 0 radical (unpaired) electrons. The quantitative estimate of drug-likeness (QED) is 0.330. The van der Waals surface area contributed by atoms with Crippen LogP contribution < -0.4 is 10.6 Å². The lowest BCUT2D eigenvalue weighted by Gasteiger charge is -2.11. The van der Waals surface area contributed by atoms with Gasteiger partial charge in [0.25, 0.3) is 17.3 Å². The number of nitrogens with one attached hydrogen (secondary N) is 2. The van der Waals surface area contributed by atoms with Gasteiger partial charge in [-0.2, -0.15) is 18.2 Å². The number of halogens is 3. The lowest BCUT2D eigenvalue weighted by molar-refractivity contribution is -0.384. The molecule has 0 saturated carbocycles. The summed E-state index contributed by atoms with van der Waals surface area (Å²) in [6.45, 7) is 3.78. The second kappa shape index (κ2) is 8.53. The molecule has 10 nitrogen and oxygen atoms in total. The molecule has 0 fully saturated rings. The minimum atomic E-state index is -4.69. The zero-order chi connectivity index (χ0) is 22.8. The Morgan fingerprint density at radius 2 is 1.84 bits per heavy atom. The van der Waals surface area contributed by atoms with E-state index >= 15 is 0 Å². The number of nitrogens with zero attached hydrogens (tertiary/aromatic N) is 5. The Balaban J connectivity index is 1.59. The summed E-state index contributed by atoms with van der Waals surface area (Å²) >= 11 is 0. The van der Waals surface area contributed by atoms with Crippen molar-refractivity contribution in [2.45, 2.75) is 26.4 Å². The van der Waals surface area contributed by atoms with Crippen molar-refractivity contribution in [2.75, 3.05) is 18.4 Å². The number of carbonyl (C=O) groups excluding carboxylic acids is 1. The smallest absolute Gasteiger partial charge is 0.383 e. The molecule has 3 aromatic rings. The van der Waals surface area contributed by atoms with E-state index in [9.17, 15) is 28.1 Å². The maximum atomic E-state index is 12.9. The second-order valence-corrected chi connectivity index (χ2v) is 6.66. The predicted molar refractivity (Wildman–Crippen MR) is 104 cm³/mol. The number of benzene rings is 1. The molecule has 0 bridgehead atoms. The summed E-state index contributed by atoms with van der Waals surface area (Å²) in [5.41, 5.74) is 1.85. The van der Waals surface area contributed by atoms with E-state index in [1.54, 1.807) is 26.0 Å². The molecule has 31 heavy (non-hydrogen) atoms. The average Bonchev–Trinajstić information content (AvgIpc) is 3.13. The monoisotopic (exact) mass is 437 g/mol. The molecule has 0 atom stereocenters. The van der Waals surface area contributed by atoms with Gasteiger partial charge in [0.1, 0.15) is 0 Å². The topological polar surface area (TPSA) is 127 Å². The molecule has 0 saturated heterocycles. The van der Waals surface area contributed by atoms with Crippen LogP contribution in [0.25, 0.3) is 5.78 Å². The molecule has 0 aliphatic rings. The molecule has 1 aromatic carbocycles. The van der Waals surface area contributed by atoms with Crippen LogP contribution in [0.3, 0.4) is 0 Å². The minimum Gasteiger partial charge on any atom is -0.383 e. The van der Waals surface area contributed by atoms with Crippen LogP contribution >= 0.6 is 0 Å². The van der Waals surface area contributed by atoms with Gasteiger partial charge in [0.05, 0.1) is 11.3 Å². The number of rotatable bonds is 7. The van der Waals surface area contributed by atoms with Gasteiger partial charge in [-0.25, -0.2) is 9.50 Å². The van der Waals surface area contributed by atoms with Gasteiger partial charge < -0.3 is 10.6 Å². The van der Waals surface area contributed by atoms with E-state index in [1.165, 1.54) is 12.1 Å². The SMILES string of the molecule is Cc1nc2nc(C(F)(F)F)nn2c(C)c1CC(=O)NCCNc1ccc([N+](=O)[O-])cc1. The summed E-state index contributed by atoms with van der Waals surface area (Å²) in [5, 5.41) is 19.8. The summed E-state index contributed by atoms with van der Waals surface area (Å²) in [6, 6.07) is 5.84. The standard InChI is InChI=1S/C18H18F3N7O3/c1-10-14(11(2)27-17(24-10)25-16(26-27)18(19,20)21)9-15(29)23-8-7-22-12-3-5-13(6-4-12)28(30)31/h3-6,22H,7-9H2,1-2H3,(H,23,29). The first-order chi connectivity index (χ1) is 14.6. The Morgan fingerprint density at radius 1 is 1.16 bits per heavy atom. The third-order valence-corrected chi connectivity index (χ3v) is 4.49. The molecule has 1 amide bonds. The highest BCUT2D eigenvalue weighted by molar-refractivity contribution is 5.79. The molecular weight excluding hydrogens is 419 g/mol. The van der Waals surface area contributed by atoms with Gasteiger partial charge in [-0.1, -0.05) is 0 Å². The van der Waals surface area contributed by atoms with Crippen molar-refractivity contribution in [3.8, 4) is 0 Å². The molecule has 2 heterocycles. The Kier molecular flexibility index (Phi) is 6.04. The van der Waals surface area contributed by atoms with Crippen molar-refractivity contribution in [1.82, 2.24) is 24.9 Å². The normalized spacial score (nSPS) is 11.5. The third-order valence-electron chi connectivity index (χ3n) is 4.49. The fourth-order valence-corrected chi connectivity index (χ4v) is 2.92. The summed E-state index contributed by atoms with van der Waals surface area (Å²) in [4.78, 5) is 29.9. The molecule has 0 aliphatic heterocycles. The van der Waals surface area contributed by atoms with Crippen LogP contribution in [0.2, 0.25) is 0 Å². The third kappa shape index (κ3) is 5.05. The zero-order valence-corrected chi connectivity index (χ0v) is 16.5. The van der Waals surface area contributed by atoms with E-state index in [1.807, 2.05) is 0 Å². The highest BCUT2D eigenvalue weighted by Gasteiger charge is 2.37. The Bertz CT molecular complexity index is 1130. The summed E-state index contributed by atoms with van der Waals surface area (Å²) < 4.78 is 39.5. The number of nitro groups is 1. The van der Waals surface area contributed by atoms with Gasteiger partial charge in [-0.05, 0) is 26.0 Å². The van der Waals surface area contributed by atoms with Crippen molar-refractivity contribution < 1.29 is 22.9 Å². The van der Waals surface area contributed by atoms with Crippen molar-refractivity contribution in [3.05, 3.63) is 57.2 Å². The number of nitro benzene ring substituents is 1. The molecule has 164 valence electrons. The largest absolute Gasteiger partial charge is 0.453 e. The molecular formula is C18H18F3N7O3. The fourth-order valence-electron chi connectivity index (χ4n) is 2.92. The Hall–Kier alpha value is -3.77. The van der Waals surface area contributed by atoms with Crippen LogP contribution in [0, 0.1) is 24.0 Å². The predicted octanol–water partition coefficient (Wildman–Crippen LogP) is 2.44. The van der Waals surface area contributed by atoms with Crippen LogP contribution in [0.1, 0.15) is 22.8 Å². The highest BCUT2D eigenvalue weighted by Crippen LogP contribution is 2.27. The molecule has 13 heteroatoms.